The Morgan fingerprint density at radius 3 is 2.73 bits per heavy atom. The van der Waals surface area contributed by atoms with Gasteiger partial charge in [-0.25, -0.2) is 13.8 Å². The summed E-state index contributed by atoms with van der Waals surface area (Å²) < 4.78 is 25.9. The van der Waals surface area contributed by atoms with Crippen LogP contribution in [-0.2, 0) is 0 Å². The molecule has 0 amide bonds. The van der Waals surface area contributed by atoms with Gasteiger partial charge in [-0.1, -0.05) is 0 Å². The highest BCUT2D eigenvalue weighted by atomic mass is 79.9. The summed E-state index contributed by atoms with van der Waals surface area (Å²) in [6.45, 7) is 0.739. The number of halogens is 3. The summed E-state index contributed by atoms with van der Waals surface area (Å²) >= 11 is 3.10. The zero-order valence-corrected chi connectivity index (χ0v) is 9.29. The van der Waals surface area contributed by atoms with Crippen molar-refractivity contribution in [1.29, 1.82) is 0 Å². The van der Waals surface area contributed by atoms with Gasteiger partial charge in [-0.15, -0.1) is 0 Å². The number of nitrogens with zero attached hydrogens (tertiary/aromatic N) is 2. The Labute approximate surface area is 93.9 Å². The van der Waals surface area contributed by atoms with Gasteiger partial charge in [0.15, 0.2) is 0 Å². The molecular weight excluding hydrogens is 270 g/mol. The molecule has 0 atom stereocenters. The Morgan fingerprint density at radius 1 is 1.53 bits per heavy atom. The van der Waals surface area contributed by atoms with Crippen LogP contribution in [-0.4, -0.2) is 29.3 Å². The minimum atomic E-state index is -2.55. The second kappa shape index (κ2) is 4.02. The van der Waals surface area contributed by atoms with E-state index in [1.807, 2.05) is 0 Å². The minimum Gasteiger partial charge on any atom is -0.389 e. The first-order valence-electron chi connectivity index (χ1n) is 4.44. The SMILES string of the molecule is OC1CN(c2ncc(Br)cc2C(F)F)C1. The van der Waals surface area contributed by atoms with Crippen LogP contribution in [0.3, 0.4) is 0 Å². The normalized spacial score (nSPS) is 17.0. The van der Waals surface area contributed by atoms with Gasteiger partial charge >= 0.3 is 0 Å². The molecule has 0 unspecified atom stereocenters. The molecule has 2 rings (SSSR count). The monoisotopic (exact) mass is 278 g/mol. The zero-order chi connectivity index (χ0) is 11.0. The van der Waals surface area contributed by atoms with Crippen molar-refractivity contribution in [1.82, 2.24) is 4.98 Å². The Morgan fingerprint density at radius 2 is 2.20 bits per heavy atom. The second-order valence-electron chi connectivity index (χ2n) is 3.43. The number of aromatic nitrogens is 1. The quantitative estimate of drug-likeness (QED) is 0.899. The van der Waals surface area contributed by atoms with E-state index in [2.05, 4.69) is 20.9 Å². The number of hydrogen-bond acceptors (Lipinski definition) is 3. The molecule has 0 aromatic carbocycles. The van der Waals surface area contributed by atoms with Crippen LogP contribution in [0.25, 0.3) is 0 Å². The molecule has 1 aromatic heterocycles. The molecule has 1 aliphatic rings. The van der Waals surface area contributed by atoms with Gasteiger partial charge in [0.05, 0.1) is 11.7 Å². The summed E-state index contributed by atoms with van der Waals surface area (Å²) in [6, 6.07) is 1.36. The number of anilines is 1. The first-order chi connectivity index (χ1) is 7.08. The third-order valence-electron chi connectivity index (χ3n) is 2.26. The van der Waals surface area contributed by atoms with E-state index in [4.69, 9.17) is 5.11 Å². The number of hydrogen-bond donors (Lipinski definition) is 1. The maximum absolute atomic E-state index is 12.7. The summed E-state index contributed by atoms with van der Waals surface area (Å²) in [7, 11) is 0. The van der Waals surface area contributed by atoms with E-state index in [9.17, 15) is 8.78 Å². The molecule has 2 heterocycles. The fourth-order valence-corrected chi connectivity index (χ4v) is 1.85. The highest BCUT2D eigenvalue weighted by Crippen LogP contribution is 2.32. The molecule has 0 spiro atoms. The van der Waals surface area contributed by atoms with Crippen molar-refractivity contribution in [2.45, 2.75) is 12.5 Å². The van der Waals surface area contributed by atoms with Crippen LogP contribution < -0.4 is 4.90 Å². The molecule has 3 nitrogen and oxygen atoms in total. The fraction of sp³-hybridized carbons (Fsp3) is 0.444. The molecule has 0 bridgehead atoms. The van der Waals surface area contributed by atoms with Gasteiger partial charge in [0, 0.05) is 23.8 Å². The van der Waals surface area contributed by atoms with E-state index in [1.54, 1.807) is 4.90 Å². The molecule has 1 aromatic rings. The van der Waals surface area contributed by atoms with Crippen molar-refractivity contribution in [3.8, 4) is 0 Å². The van der Waals surface area contributed by atoms with Gasteiger partial charge in [0.25, 0.3) is 6.43 Å². The van der Waals surface area contributed by atoms with Gasteiger partial charge < -0.3 is 10.0 Å². The molecule has 6 heteroatoms. The molecule has 15 heavy (non-hydrogen) atoms. The number of pyridine rings is 1. The smallest absolute Gasteiger partial charge is 0.267 e. The Kier molecular flexibility index (Phi) is 2.88. The fourth-order valence-electron chi connectivity index (χ4n) is 1.50. The van der Waals surface area contributed by atoms with Gasteiger partial charge in [-0.05, 0) is 22.0 Å². The predicted octanol–water partition coefficient (Wildman–Crippen LogP) is 1.96. The maximum Gasteiger partial charge on any atom is 0.267 e. The standard InChI is InChI=1S/C9H9BrF2N2O/c10-5-1-7(8(11)12)9(13-2-5)14-3-6(15)4-14/h1-2,6,8,15H,3-4H2. The highest BCUT2D eigenvalue weighted by molar-refractivity contribution is 9.10. The average molecular weight is 279 g/mol. The van der Waals surface area contributed by atoms with Crippen LogP contribution in [0.2, 0.25) is 0 Å². The number of aliphatic hydroxyl groups excluding tert-OH is 1. The molecule has 0 aliphatic carbocycles. The van der Waals surface area contributed by atoms with Gasteiger partial charge in [0.2, 0.25) is 0 Å². The van der Waals surface area contributed by atoms with E-state index in [0.29, 0.717) is 17.6 Å². The molecule has 1 fully saturated rings. The van der Waals surface area contributed by atoms with Crippen molar-refractivity contribution >= 4 is 21.7 Å². The lowest BCUT2D eigenvalue weighted by Crippen LogP contribution is -2.51. The second-order valence-corrected chi connectivity index (χ2v) is 4.34. The molecule has 1 aliphatic heterocycles. The summed E-state index contributed by atoms with van der Waals surface area (Å²) in [5.74, 6) is 0.263. The summed E-state index contributed by atoms with van der Waals surface area (Å²) in [4.78, 5) is 5.58. The summed E-state index contributed by atoms with van der Waals surface area (Å²) in [5.41, 5.74) is -0.101. The lowest BCUT2D eigenvalue weighted by atomic mass is 10.1. The molecular formula is C9H9BrF2N2O. The van der Waals surface area contributed by atoms with Gasteiger partial charge in [-0.2, -0.15) is 0 Å². The van der Waals surface area contributed by atoms with Crippen molar-refractivity contribution < 1.29 is 13.9 Å². The van der Waals surface area contributed by atoms with Gasteiger partial charge in [-0.3, -0.25) is 0 Å². The molecule has 0 saturated carbocycles. The van der Waals surface area contributed by atoms with Crippen LogP contribution in [0.15, 0.2) is 16.7 Å². The Balaban J connectivity index is 2.29. The van der Waals surface area contributed by atoms with Crippen molar-refractivity contribution in [2.24, 2.45) is 0 Å². The Hall–Kier alpha value is -0.750. The Bertz CT molecular complexity index is 369. The van der Waals surface area contributed by atoms with Crippen LogP contribution in [0.1, 0.15) is 12.0 Å². The van der Waals surface area contributed by atoms with Crippen LogP contribution in [0.4, 0.5) is 14.6 Å². The number of β-amino-alcohol motifs (C(OH)–C–C–N with tert-alkyl or cyclic N) is 1. The maximum atomic E-state index is 12.7. The predicted molar refractivity (Wildman–Crippen MR) is 55.1 cm³/mol. The number of alkyl halides is 2. The first kappa shape index (κ1) is 10.8. The lowest BCUT2D eigenvalue weighted by Gasteiger charge is -2.37. The van der Waals surface area contributed by atoms with Gasteiger partial charge in [0.1, 0.15) is 5.82 Å². The van der Waals surface area contributed by atoms with E-state index in [-0.39, 0.29) is 11.4 Å². The molecule has 0 radical (unpaired) electrons. The number of aliphatic hydroxyl groups is 1. The van der Waals surface area contributed by atoms with E-state index in [1.165, 1.54) is 12.3 Å². The summed E-state index contributed by atoms with van der Waals surface area (Å²) in [5, 5.41) is 9.10. The lowest BCUT2D eigenvalue weighted by molar-refractivity contribution is 0.134. The van der Waals surface area contributed by atoms with E-state index >= 15 is 0 Å². The molecule has 1 N–H and O–H groups in total. The van der Waals surface area contributed by atoms with Crippen molar-refractivity contribution in [2.75, 3.05) is 18.0 Å². The number of rotatable bonds is 2. The first-order valence-corrected chi connectivity index (χ1v) is 5.24. The van der Waals surface area contributed by atoms with Crippen LogP contribution in [0.5, 0.6) is 0 Å². The molecule has 1 saturated heterocycles. The minimum absolute atomic E-state index is 0.101. The van der Waals surface area contributed by atoms with Crippen LogP contribution in [0, 0.1) is 0 Å². The van der Waals surface area contributed by atoms with Crippen LogP contribution >= 0.6 is 15.9 Å². The van der Waals surface area contributed by atoms with Crippen molar-refractivity contribution in [3.05, 3.63) is 22.3 Å². The van der Waals surface area contributed by atoms with Crippen molar-refractivity contribution in [3.63, 3.8) is 0 Å². The third-order valence-corrected chi connectivity index (χ3v) is 2.69. The van der Waals surface area contributed by atoms with E-state index in [0.717, 1.165) is 0 Å². The molecule has 82 valence electrons. The zero-order valence-electron chi connectivity index (χ0n) is 7.70. The largest absolute Gasteiger partial charge is 0.389 e. The highest BCUT2D eigenvalue weighted by Gasteiger charge is 2.29. The summed E-state index contributed by atoms with van der Waals surface area (Å²) in [6.07, 6.45) is -1.50. The third kappa shape index (κ3) is 2.10. The van der Waals surface area contributed by atoms with E-state index < -0.39 is 12.5 Å². The topological polar surface area (TPSA) is 36.4 Å². The average Bonchev–Trinajstić information content (AvgIpc) is 2.13.